The fraction of sp³-hybridized carbons (Fsp3) is 0.462. The molecule has 0 radical (unpaired) electrons. The Morgan fingerprint density at radius 3 is 2.59 bits per heavy atom. The van der Waals surface area contributed by atoms with Gasteiger partial charge in [-0.25, -0.2) is 8.42 Å². The number of hydrogen-bond donors (Lipinski definition) is 0. The SMILES string of the molecule is CCS(=O)(=O)N1CCN(c2nnc(-c3ccccn3)s2)CC1. The molecule has 2 aromatic rings. The van der Waals surface area contributed by atoms with Crippen molar-refractivity contribution in [3.05, 3.63) is 24.4 Å². The summed E-state index contributed by atoms with van der Waals surface area (Å²) in [5.41, 5.74) is 0.804. The van der Waals surface area contributed by atoms with E-state index >= 15 is 0 Å². The highest BCUT2D eigenvalue weighted by atomic mass is 32.2. The third kappa shape index (κ3) is 3.11. The molecule has 0 amide bonds. The van der Waals surface area contributed by atoms with E-state index in [0.29, 0.717) is 26.2 Å². The fourth-order valence-corrected chi connectivity index (χ4v) is 4.23. The predicted octanol–water partition coefficient (Wildman–Crippen LogP) is 1.07. The molecule has 1 saturated heterocycles. The number of anilines is 1. The Hall–Kier alpha value is -1.58. The Kier molecular flexibility index (Phi) is 4.37. The molecule has 2 aromatic heterocycles. The minimum atomic E-state index is -3.10. The molecule has 3 rings (SSSR count). The second-order valence-electron chi connectivity index (χ2n) is 4.89. The van der Waals surface area contributed by atoms with Gasteiger partial charge in [-0.2, -0.15) is 4.31 Å². The van der Waals surface area contributed by atoms with Gasteiger partial charge in [0.25, 0.3) is 0 Å². The van der Waals surface area contributed by atoms with E-state index in [2.05, 4.69) is 20.1 Å². The summed E-state index contributed by atoms with van der Waals surface area (Å²) in [4.78, 5) is 6.34. The lowest BCUT2D eigenvalue weighted by molar-refractivity contribution is 0.385. The van der Waals surface area contributed by atoms with E-state index in [1.807, 2.05) is 18.2 Å². The molecular formula is C13H17N5O2S2. The molecule has 1 fully saturated rings. The van der Waals surface area contributed by atoms with Crippen molar-refractivity contribution >= 4 is 26.5 Å². The topological polar surface area (TPSA) is 79.3 Å². The molecule has 0 N–H and O–H groups in total. The van der Waals surface area contributed by atoms with Gasteiger partial charge in [0.15, 0.2) is 5.01 Å². The Balaban J connectivity index is 1.69. The van der Waals surface area contributed by atoms with Crippen LogP contribution < -0.4 is 4.90 Å². The normalized spacial score (nSPS) is 16.9. The molecule has 0 aromatic carbocycles. The molecule has 0 aliphatic carbocycles. The van der Waals surface area contributed by atoms with Crippen molar-refractivity contribution in [2.24, 2.45) is 0 Å². The van der Waals surface area contributed by atoms with E-state index in [9.17, 15) is 8.42 Å². The summed E-state index contributed by atoms with van der Waals surface area (Å²) in [5.74, 6) is 0.148. The number of aromatic nitrogens is 3. The maximum atomic E-state index is 11.9. The monoisotopic (exact) mass is 339 g/mol. The van der Waals surface area contributed by atoms with Crippen molar-refractivity contribution < 1.29 is 8.42 Å². The van der Waals surface area contributed by atoms with Crippen molar-refractivity contribution in [1.82, 2.24) is 19.5 Å². The maximum Gasteiger partial charge on any atom is 0.213 e. The molecule has 3 heterocycles. The first-order chi connectivity index (χ1) is 10.6. The summed E-state index contributed by atoms with van der Waals surface area (Å²) in [5, 5.41) is 9.98. The van der Waals surface area contributed by atoms with Gasteiger partial charge in [-0.15, -0.1) is 10.2 Å². The molecule has 22 heavy (non-hydrogen) atoms. The first-order valence-corrected chi connectivity index (χ1v) is 9.50. The minimum Gasteiger partial charge on any atom is -0.344 e. The second-order valence-corrected chi connectivity index (χ2v) is 8.10. The van der Waals surface area contributed by atoms with Crippen LogP contribution >= 0.6 is 11.3 Å². The summed E-state index contributed by atoms with van der Waals surface area (Å²) in [6.45, 7) is 3.93. The average molecular weight is 339 g/mol. The number of rotatable bonds is 4. The molecule has 7 nitrogen and oxygen atoms in total. The lowest BCUT2D eigenvalue weighted by atomic mass is 10.4. The third-order valence-corrected chi connectivity index (χ3v) is 6.45. The summed E-state index contributed by atoms with van der Waals surface area (Å²) in [7, 11) is -3.10. The molecule has 0 unspecified atom stereocenters. The highest BCUT2D eigenvalue weighted by molar-refractivity contribution is 7.89. The van der Waals surface area contributed by atoms with Gasteiger partial charge in [-0.3, -0.25) is 4.98 Å². The maximum absolute atomic E-state index is 11.9. The lowest BCUT2D eigenvalue weighted by Gasteiger charge is -2.33. The van der Waals surface area contributed by atoms with Crippen LogP contribution in [0.25, 0.3) is 10.7 Å². The Labute approximate surface area is 133 Å². The lowest BCUT2D eigenvalue weighted by Crippen LogP contribution is -2.49. The number of sulfonamides is 1. The third-order valence-electron chi connectivity index (χ3n) is 3.57. The van der Waals surface area contributed by atoms with Crippen LogP contribution in [-0.4, -0.2) is 59.8 Å². The first kappa shape index (κ1) is 15.3. The van der Waals surface area contributed by atoms with Crippen LogP contribution in [0.4, 0.5) is 5.13 Å². The molecule has 1 aliphatic heterocycles. The van der Waals surface area contributed by atoms with Gasteiger partial charge in [0.05, 0.1) is 5.75 Å². The Morgan fingerprint density at radius 1 is 1.18 bits per heavy atom. The zero-order valence-electron chi connectivity index (χ0n) is 12.2. The van der Waals surface area contributed by atoms with Gasteiger partial charge in [-0.1, -0.05) is 17.4 Å². The summed E-state index contributed by atoms with van der Waals surface area (Å²) in [6, 6.07) is 5.67. The molecule has 0 atom stereocenters. The summed E-state index contributed by atoms with van der Waals surface area (Å²) in [6.07, 6.45) is 1.73. The van der Waals surface area contributed by atoms with Crippen molar-refractivity contribution in [3.8, 4) is 10.7 Å². The molecule has 118 valence electrons. The van der Waals surface area contributed by atoms with E-state index in [-0.39, 0.29) is 5.75 Å². The molecule has 0 bridgehead atoms. The van der Waals surface area contributed by atoms with Crippen LogP contribution in [0, 0.1) is 0 Å². The predicted molar refractivity (Wildman–Crippen MR) is 86.4 cm³/mol. The van der Waals surface area contributed by atoms with E-state index in [0.717, 1.165) is 15.8 Å². The second kappa shape index (κ2) is 6.27. The Bertz CT molecular complexity index is 724. The van der Waals surface area contributed by atoms with Crippen LogP contribution in [0.3, 0.4) is 0 Å². The van der Waals surface area contributed by atoms with Gasteiger partial charge in [0, 0.05) is 32.4 Å². The highest BCUT2D eigenvalue weighted by Crippen LogP contribution is 2.28. The van der Waals surface area contributed by atoms with Crippen LogP contribution in [-0.2, 0) is 10.0 Å². The molecular weight excluding hydrogens is 322 g/mol. The van der Waals surface area contributed by atoms with Crippen LogP contribution in [0.1, 0.15) is 6.92 Å². The molecule has 1 aliphatic rings. The first-order valence-electron chi connectivity index (χ1n) is 7.08. The highest BCUT2D eigenvalue weighted by Gasteiger charge is 2.27. The standard InChI is InChI=1S/C13H17N5O2S2/c1-2-22(19,20)18-9-7-17(8-10-18)13-16-15-12(21-13)11-5-3-4-6-14-11/h3-6H,2,7-10H2,1H3. The van der Waals surface area contributed by atoms with E-state index < -0.39 is 10.0 Å². The zero-order chi connectivity index (χ0) is 15.6. The quantitative estimate of drug-likeness (QED) is 0.829. The van der Waals surface area contributed by atoms with Gasteiger partial charge in [0.1, 0.15) is 5.69 Å². The number of pyridine rings is 1. The van der Waals surface area contributed by atoms with Crippen LogP contribution in [0.5, 0.6) is 0 Å². The van der Waals surface area contributed by atoms with Crippen LogP contribution in [0.2, 0.25) is 0 Å². The minimum absolute atomic E-state index is 0.148. The summed E-state index contributed by atoms with van der Waals surface area (Å²) < 4.78 is 25.3. The number of nitrogens with zero attached hydrogens (tertiary/aromatic N) is 5. The average Bonchev–Trinajstić information content (AvgIpc) is 3.06. The van der Waals surface area contributed by atoms with Crippen molar-refractivity contribution in [2.75, 3.05) is 36.8 Å². The van der Waals surface area contributed by atoms with Gasteiger partial charge in [0.2, 0.25) is 15.2 Å². The van der Waals surface area contributed by atoms with Crippen molar-refractivity contribution in [3.63, 3.8) is 0 Å². The number of piperazine rings is 1. The van der Waals surface area contributed by atoms with Gasteiger partial charge in [-0.05, 0) is 19.1 Å². The molecule has 0 saturated carbocycles. The summed E-state index contributed by atoms with van der Waals surface area (Å²) >= 11 is 1.48. The molecule has 0 spiro atoms. The number of hydrogen-bond acceptors (Lipinski definition) is 7. The molecule has 9 heteroatoms. The van der Waals surface area contributed by atoms with E-state index in [1.54, 1.807) is 17.4 Å². The largest absolute Gasteiger partial charge is 0.344 e. The Morgan fingerprint density at radius 2 is 1.95 bits per heavy atom. The smallest absolute Gasteiger partial charge is 0.213 e. The van der Waals surface area contributed by atoms with Crippen LogP contribution in [0.15, 0.2) is 24.4 Å². The van der Waals surface area contributed by atoms with E-state index in [4.69, 9.17) is 0 Å². The van der Waals surface area contributed by atoms with Crippen molar-refractivity contribution in [1.29, 1.82) is 0 Å². The zero-order valence-corrected chi connectivity index (χ0v) is 13.8. The van der Waals surface area contributed by atoms with Gasteiger partial charge >= 0.3 is 0 Å². The van der Waals surface area contributed by atoms with Gasteiger partial charge < -0.3 is 4.90 Å². The fourth-order valence-electron chi connectivity index (χ4n) is 2.28. The van der Waals surface area contributed by atoms with E-state index in [1.165, 1.54) is 11.3 Å². The van der Waals surface area contributed by atoms with Crippen molar-refractivity contribution in [2.45, 2.75) is 6.92 Å².